The molecule has 5 nitrogen and oxygen atoms in total. The van der Waals surface area contributed by atoms with Crippen molar-refractivity contribution in [2.75, 3.05) is 18.0 Å². The fourth-order valence-corrected chi connectivity index (χ4v) is 2.61. The molecule has 5 heteroatoms. The summed E-state index contributed by atoms with van der Waals surface area (Å²) in [5, 5.41) is 13.9. The molecule has 1 aliphatic rings. The molecule has 0 radical (unpaired) electrons. The highest BCUT2D eigenvalue weighted by molar-refractivity contribution is 5.26. The lowest BCUT2D eigenvalue weighted by atomic mass is 9.84. The van der Waals surface area contributed by atoms with E-state index in [1.54, 1.807) is 0 Å². The fraction of sp³-hybridized carbons (Fsp3) is 0.846. The van der Waals surface area contributed by atoms with Crippen LogP contribution in [0.15, 0.2) is 4.52 Å². The first kappa shape index (κ1) is 13.3. The van der Waals surface area contributed by atoms with E-state index in [0.29, 0.717) is 18.3 Å². The van der Waals surface area contributed by atoms with Crippen molar-refractivity contribution in [1.29, 1.82) is 0 Å². The van der Waals surface area contributed by atoms with Crippen LogP contribution in [-0.2, 0) is 6.42 Å². The van der Waals surface area contributed by atoms with Crippen LogP contribution in [0.5, 0.6) is 0 Å². The Morgan fingerprint density at radius 2 is 2.00 bits per heavy atom. The van der Waals surface area contributed by atoms with Gasteiger partial charge in [-0.2, -0.15) is 4.98 Å². The highest BCUT2D eigenvalue weighted by Gasteiger charge is 2.25. The highest BCUT2D eigenvalue weighted by Crippen LogP contribution is 2.27. The van der Waals surface area contributed by atoms with Crippen LogP contribution in [0, 0.1) is 5.92 Å². The van der Waals surface area contributed by atoms with E-state index in [-0.39, 0.29) is 12.0 Å². The lowest BCUT2D eigenvalue weighted by molar-refractivity contribution is 0.0657. The summed E-state index contributed by atoms with van der Waals surface area (Å²) < 4.78 is 5.29. The van der Waals surface area contributed by atoms with E-state index < -0.39 is 0 Å². The summed E-state index contributed by atoms with van der Waals surface area (Å²) in [7, 11) is 0. The maximum atomic E-state index is 9.94. The molecule has 1 N–H and O–H groups in total. The van der Waals surface area contributed by atoms with E-state index >= 15 is 0 Å². The van der Waals surface area contributed by atoms with Crippen molar-refractivity contribution in [2.45, 2.75) is 52.1 Å². The van der Waals surface area contributed by atoms with Gasteiger partial charge in [0.25, 0.3) is 5.95 Å². The first-order chi connectivity index (χ1) is 8.74. The summed E-state index contributed by atoms with van der Waals surface area (Å²) in [6.45, 7) is 5.90. The Morgan fingerprint density at radius 3 is 2.67 bits per heavy atom. The number of nitrogens with zero attached hydrogens (tertiary/aromatic N) is 3. The van der Waals surface area contributed by atoms with Gasteiger partial charge in [-0.25, -0.2) is 0 Å². The lowest BCUT2D eigenvalue weighted by Crippen LogP contribution is -2.26. The third-order valence-corrected chi connectivity index (χ3v) is 3.81. The molecule has 1 aromatic rings. The fourth-order valence-electron chi connectivity index (χ4n) is 2.61. The monoisotopic (exact) mass is 253 g/mol. The van der Waals surface area contributed by atoms with Crippen LogP contribution < -0.4 is 4.90 Å². The zero-order chi connectivity index (χ0) is 13.0. The number of aromatic nitrogens is 2. The number of hydrogen-bond donors (Lipinski definition) is 1. The zero-order valence-corrected chi connectivity index (χ0v) is 11.3. The maximum absolute atomic E-state index is 9.94. The van der Waals surface area contributed by atoms with Crippen LogP contribution in [0.2, 0.25) is 0 Å². The normalized spacial score (nSPS) is 24.2. The van der Waals surface area contributed by atoms with E-state index in [2.05, 4.69) is 28.9 Å². The molecule has 2 atom stereocenters. The summed E-state index contributed by atoms with van der Waals surface area (Å²) in [4.78, 5) is 6.48. The number of aliphatic hydroxyl groups excluding tert-OH is 1. The van der Waals surface area contributed by atoms with Crippen molar-refractivity contribution in [2.24, 2.45) is 5.92 Å². The quantitative estimate of drug-likeness (QED) is 0.869. The van der Waals surface area contributed by atoms with Gasteiger partial charge in [0.2, 0.25) is 5.89 Å². The minimum Gasteiger partial charge on any atom is -0.393 e. The van der Waals surface area contributed by atoms with Crippen molar-refractivity contribution in [3.05, 3.63) is 5.89 Å². The first-order valence-corrected chi connectivity index (χ1v) is 7.00. The zero-order valence-electron chi connectivity index (χ0n) is 11.3. The second kappa shape index (κ2) is 6.18. The van der Waals surface area contributed by atoms with Crippen molar-refractivity contribution < 1.29 is 9.63 Å². The molecule has 1 fully saturated rings. The number of aliphatic hydroxyl groups is 1. The Morgan fingerprint density at radius 1 is 1.28 bits per heavy atom. The molecule has 0 amide bonds. The topological polar surface area (TPSA) is 62.4 Å². The van der Waals surface area contributed by atoms with E-state index in [4.69, 9.17) is 4.52 Å². The molecule has 0 aromatic carbocycles. The van der Waals surface area contributed by atoms with E-state index in [1.807, 2.05) is 0 Å². The smallest absolute Gasteiger partial charge is 0.266 e. The third kappa shape index (κ3) is 3.02. The summed E-state index contributed by atoms with van der Waals surface area (Å²) in [5.41, 5.74) is 0. The van der Waals surface area contributed by atoms with Crippen LogP contribution in [0.4, 0.5) is 5.95 Å². The minimum atomic E-state index is -0.206. The van der Waals surface area contributed by atoms with Gasteiger partial charge < -0.3 is 14.5 Å². The van der Waals surface area contributed by atoms with E-state index in [1.165, 1.54) is 6.42 Å². The van der Waals surface area contributed by atoms with Crippen LogP contribution >= 0.6 is 0 Å². The first-order valence-electron chi connectivity index (χ1n) is 7.00. The van der Waals surface area contributed by atoms with Crippen LogP contribution in [0.25, 0.3) is 0 Å². The van der Waals surface area contributed by atoms with E-state index in [0.717, 1.165) is 32.4 Å². The molecular weight excluding hydrogens is 230 g/mol. The van der Waals surface area contributed by atoms with Crippen molar-refractivity contribution >= 4 is 5.95 Å². The molecule has 2 unspecified atom stereocenters. The average Bonchev–Trinajstić information content (AvgIpc) is 2.82. The molecule has 1 saturated carbocycles. The van der Waals surface area contributed by atoms with Gasteiger partial charge in [-0.15, -0.1) is 0 Å². The van der Waals surface area contributed by atoms with Gasteiger partial charge in [-0.1, -0.05) is 12.8 Å². The third-order valence-electron chi connectivity index (χ3n) is 3.81. The molecule has 0 saturated heterocycles. The molecule has 0 aliphatic heterocycles. The Balaban J connectivity index is 1.97. The Bertz CT molecular complexity index is 363. The molecule has 1 aromatic heterocycles. The van der Waals surface area contributed by atoms with Gasteiger partial charge in [0, 0.05) is 19.5 Å². The molecule has 18 heavy (non-hydrogen) atoms. The molecule has 1 aliphatic carbocycles. The average molecular weight is 253 g/mol. The second-order valence-corrected chi connectivity index (χ2v) is 4.98. The summed E-state index contributed by atoms with van der Waals surface area (Å²) in [6.07, 6.45) is 4.79. The Labute approximate surface area is 108 Å². The Hall–Kier alpha value is -1.10. The highest BCUT2D eigenvalue weighted by atomic mass is 16.5. The molecule has 1 heterocycles. The SMILES string of the molecule is CCN(CC)c1noc(CC2CCCCC2O)n1. The van der Waals surface area contributed by atoms with Crippen LogP contribution in [-0.4, -0.2) is 34.4 Å². The second-order valence-electron chi connectivity index (χ2n) is 4.98. The van der Waals surface area contributed by atoms with Crippen molar-refractivity contribution in [1.82, 2.24) is 10.1 Å². The predicted molar refractivity (Wildman–Crippen MR) is 69.5 cm³/mol. The van der Waals surface area contributed by atoms with Crippen LogP contribution in [0.3, 0.4) is 0 Å². The van der Waals surface area contributed by atoms with Gasteiger partial charge in [0.1, 0.15) is 0 Å². The van der Waals surface area contributed by atoms with Crippen molar-refractivity contribution in [3.8, 4) is 0 Å². The van der Waals surface area contributed by atoms with Gasteiger partial charge in [-0.3, -0.25) is 0 Å². The van der Waals surface area contributed by atoms with Gasteiger partial charge in [0.15, 0.2) is 0 Å². The molecule has 0 spiro atoms. The van der Waals surface area contributed by atoms with Gasteiger partial charge >= 0.3 is 0 Å². The molecular formula is C13H23N3O2. The minimum absolute atomic E-state index is 0.206. The standard InChI is InChI=1S/C13H23N3O2/c1-3-16(4-2)13-14-12(18-15-13)9-10-7-5-6-8-11(10)17/h10-11,17H,3-9H2,1-2H3. The van der Waals surface area contributed by atoms with Gasteiger partial charge in [-0.05, 0) is 37.8 Å². The molecule has 0 bridgehead atoms. The number of hydrogen-bond acceptors (Lipinski definition) is 5. The van der Waals surface area contributed by atoms with Crippen molar-refractivity contribution in [3.63, 3.8) is 0 Å². The molecule has 2 rings (SSSR count). The largest absolute Gasteiger partial charge is 0.393 e. The maximum Gasteiger partial charge on any atom is 0.266 e. The summed E-state index contributed by atoms with van der Waals surface area (Å²) >= 11 is 0. The van der Waals surface area contributed by atoms with Gasteiger partial charge in [0.05, 0.1) is 6.10 Å². The summed E-state index contributed by atoms with van der Waals surface area (Å²) in [6, 6.07) is 0. The molecule has 102 valence electrons. The van der Waals surface area contributed by atoms with E-state index in [9.17, 15) is 5.11 Å². The lowest BCUT2D eigenvalue weighted by Gasteiger charge is -2.26. The number of anilines is 1. The summed E-state index contributed by atoms with van der Waals surface area (Å²) in [5.74, 6) is 1.60. The van der Waals surface area contributed by atoms with Crippen LogP contribution in [0.1, 0.15) is 45.4 Å². The Kier molecular flexibility index (Phi) is 4.58. The predicted octanol–water partition coefficient (Wildman–Crippen LogP) is 2.01. The number of rotatable bonds is 5.